The lowest BCUT2D eigenvalue weighted by Crippen LogP contribution is -2.50. The summed E-state index contributed by atoms with van der Waals surface area (Å²) < 4.78 is 0. The van der Waals surface area contributed by atoms with Gasteiger partial charge in [-0.1, -0.05) is 12.1 Å². The molecule has 1 atom stereocenters. The molecular formula is C16H19ClN4O. The van der Waals surface area contributed by atoms with Crippen molar-refractivity contribution in [3.63, 3.8) is 0 Å². The monoisotopic (exact) mass is 318 g/mol. The molecule has 1 saturated heterocycles. The molecule has 3 rings (SSSR count). The standard InChI is InChI=1S/C16H19ClN4O/c1-11(17)16(22)21-9-7-20(8-10-21)15-12(2)18-13-5-3-4-6-14(13)19-15/h3-6,11H,7-10H2,1-2H3/t11-/m1/s1. The maximum absolute atomic E-state index is 11.9. The zero-order chi connectivity index (χ0) is 15.7. The van der Waals surface area contributed by atoms with Crippen molar-refractivity contribution in [2.24, 2.45) is 0 Å². The van der Waals surface area contributed by atoms with E-state index >= 15 is 0 Å². The second kappa shape index (κ2) is 6.08. The Morgan fingerprint density at radius 3 is 2.32 bits per heavy atom. The van der Waals surface area contributed by atoms with Crippen LogP contribution in [0.3, 0.4) is 0 Å². The number of fused-ring (bicyclic) bond motifs is 1. The Morgan fingerprint density at radius 1 is 1.14 bits per heavy atom. The summed E-state index contributed by atoms with van der Waals surface area (Å²) in [5.74, 6) is 0.910. The van der Waals surface area contributed by atoms with Crippen molar-refractivity contribution in [3.8, 4) is 0 Å². The Hall–Kier alpha value is -1.88. The lowest BCUT2D eigenvalue weighted by molar-refractivity contribution is -0.130. The summed E-state index contributed by atoms with van der Waals surface area (Å²) in [7, 11) is 0. The van der Waals surface area contributed by atoms with Crippen LogP contribution >= 0.6 is 11.6 Å². The van der Waals surface area contributed by atoms with Gasteiger partial charge in [0.15, 0.2) is 5.82 Å². The van der Waals surface area contributed by atoms with Gasteiger partial charge in [0, 0.05) is 26.2 Å². The van der Waals surface area contributed by atoms with E-state index in [1.54, 1.807) is 6.92 Å². The first-order chi connectivity index (χ1) is 10.6. The molecule has 2 heterocycles. The Morgan fingerprint density at radius 2 is 1.73 bits per heavy atom. The number of para-hydroxylation sites is 2. The molecule has 6 heteroatoms. The van der Waals surface area contributed by atoms with E-state index in [1.807, 2.05) is 36.1 Å². The first kappa shape index (κ1) is 15.0. The molecule has 22 heavy (non-hydrogen) atoms. The second-order valence-corrected chi connectivity index (χ2v) is 6.20. The third-order valence-corrected chi connectivity index (χ3v) is 4.14. The number of hydrogen-bond acceptors (Lipinski definition) is 4. The number of aryl methyl sites for hydroxylation is 1. The van der Waals surface area contributed by atoms with Gasteiger partial charge in [-0.3, -0.25) is 4.79 Å². The largest absolute Gasteiger partial charge is 0.352 e. The van der Waals surface area contributed by atoms with Gasteiger partial charge in [0.05, 0.1) is 16.7 Å². The minimum absolute atomic E-state index is 0.00244. The Balaban J connectivity index is 1.79. The normalized spacial score (nSPS) is 16.9. The number of rotatable bonds is 2. The zero-order valence-electron chi connectivity index (χ0n) is 12.8. The van der Waals surface area contributed by atoms with Crippen LogP contribution in [0.4, 0.5) is 5.82 Å². The van der Waals surface area contributed by atoms with Crippen LogP contribution in [0.15, 0.2) is 24.3 Å². The van der Waals surface area contributed by atoms with Crippen molar-refractivity contribution in [3.05, 3.63) is 30.0 Å². The summed E-state index contributed by atoms with van der Waals surface area (Å²) in [6, 6.07) is 7.88. The van der Waals surface area contributed by atoms with Crippen molar-refractivity contribution < 1.29 is 4.79 Å². The highest BCUT2D eigenvalue weighted by atomic mass is 35.5. The molecule has 5 nitrogen and oxygen atoms in total. The zero-order valence-corrected chi connectivity index (χ0v) is 13.5. The number of hydrogen-bond donors (Lipinski definition) is 0. The maximum atomic E-state index is 11.9. The first-order valence-corrected chi connectivity index (χ1v) is 7.91. The van der Waals surface area contributed by atoms with Crippen molar-refractivity contribution in [2.75, 3.05) is 31.1 Å². The molecule has 1 aromatic heterocycles. The number of piperazine rings is 1. The van der Waals surface area contributed by atoms with E-state index in [1.165, 1.54) is 0 Å². The van der Waals surface area contributed by atoms with Gasteiger partial charge in [-0.15, -0.1) is 11.6 Å². The van der Waals surface area contributed by atoms with Crippen LogP contribution in [0, 0.1) is 6.92 Å². The fraction of sp³-hybridized carbons (Fsp3) is 0.438. The summed E-state index contributed by atoms with van der Waals surface area (Å²) in [5, 5.41) is -0.464. The van der Waals surface area contributed by atoms with Crippen LogP contribution in [0.2, 0.25) is 0 Å². The van der Waals surface area contributed by atoms with Gasteiger partial charge in [-0.2, -0.15) is 0 Å². The van der Waals surface area contributed by atoms with Crippen LogP contribution < -0.4 is 4.90 Å². The summed E-state index contributed by atoms with van der Waals surface area (Å²) >= 11 is 5.88. The van der Waals surface area contributed by atoms with Gasteiger partial charge in [-0.25, -0.2) is 9.97 Å². The number of carbonyl (C=O) groups is 1. The number of nitrogens with zero attached hydrogens (tertiary/aromatic N) is 4. The fourth-order valence-electron chi connectivity index (χ4n) is 2.77. The quantitative estimate of drug-likeness (QED) is 0.797. The van der Waals surface area contributed by atoms with Crippen molar-refractivity contribution >= 4 is 34.4 Å². The highest BCUT2D eigenvalue weighted by Gasteiger charge is 2.25. The lowest BCUT2D eigenvalue weighted by atomic mass is 10.2. The van der Waals surface area contributed by atoms with E-state index in [0.717, 1.165) is 35.6 Å². The van der Waals surface area contributed by atoms with Gasteiger partial charge in [0.2, 0.25) is 5.91 Å². The molecule has 0 radical (unpaired) electrons. The van der Waals surface area contributed by atoms with Crippen LogP contribution in [-0.4, -0.2) is 52.3 Å². The highest BCUT2D eigenvalue weighted by Crippen LogP contribution is 2.21. The van der Waals surface area contributed by atoms with E-state index in [9.17, 15) is 4.79 Å². The fourth-order valence-corrected chi connectivity index (χ4v) is 2.91. The molecule has 2 aromatic rings. The molecule has 116 valence electrons. The maximum Gasteiger partial charge on any atom is 0.240 e. The van der Waals surface area contributed by atoms with Crippen LogP contribution in [0.25, 0.3) is 11.0 Å². The number of carbonyl (C=O) groups excluding carboxylic acids is 1. The Labute approximate surface area is 134 Å². The molecule has 1 aliphatic heterocycles. The number of halogens is 1. The van der Waals surface area contributed by atoms with Crippen molar-refractivity contribution in [1.29, 1.82) is 0 Å². The first-order valence-electron chi connectivity index (χ1n) is 7.47. The molecule has 0 bridgehead atoms. The number of anilines is 1. The average Bonchev–Trinajstić information content (AvgIpc) is 2.53. The van der Waals surface area contributed by atoms with Crippen LogP contribution in [0.5, 0.6) is 0 Å². The molecule has 0 aliphatic carbocycles. The van der Waals surface area contributed by atoms with E-state index in [0.29, 0.717) is 13.1 Å². The van der Waals surface area contributed by atoms with Gasteiger partial charge in [0.25, 0.3) is 0 Å². The molecule has 0 N–H and O–H groups in total. The molecular weight excluding hydrogens is 300 g/mol. The number of benzene rings is 1. The number of amides is 1. The second-order valence-electron chi connectivity index (χ2n) is 5.55. The molecule has 1 amide bonds. The van der Waals surface area contributed by atoms with Crippen molar-refractivity contribution in [2.45, 2.75) is 19.2 Å². The molecule has 1 fully saturated rings. The van der Waals surface area contributed by atoms with E-state index < -0.39 is 5.38 Å². The molecule has 0 saturated carbocycles. The lowest BCUT2D eigenvalue weighted by Gasteiger charge is -2.36. The molecule has 1 aliphatic rings. The van der Waals surface area contributed by atoms with Gasteiger partial charge in [0.1, 0.15) is 5.38 Å². The predicted molar refractivity (Wildman–Crippen MR) is 88.4 cm³/mol. The smallest absolute Gasteiger partial charge is 0.240 e. The summed E-state index contributed by atoms with van der Waals surface area (Å²) in [4.78, 5) is 25.3. The van der Waals surface area contributed by atoms with E-state index in [-0.39, 0.29) is 5.91 Å². The van der Waals surface area contributed by atoms with Gasteiger partial charge in [-0.05, 0) is 26.0 Å². The molecule has 0 unspecified atom stereocenters. The molecule has 1 aromatic carbocycles. The van der Waals surface area contributed by atoms with Crippen LogP contribution in [0.1, 0.15) is 12.6 Å². The summed E-state index contributed by atoms with van der Waals surface area (Å²) in [6.07, 6.45) is 0. The third-order valence-electron chi connectivity index (χ3n) is 3.95. The van der Waals surface area contributed by atoms with Gasteiger partial charge < -0.3 is 9.80 Å². The topological polar surface area (TPSA) is 49.3 Å². The van der Waals surface area contributed by atoms with Crippen LogP contribution in [-0.2, 0) is 4.79 Å². The SMILES string of the molecule is Cc1nc2ccccc2nc1N1CCN(C(=O)[C@@H](C)Cl)CC1. The third kappa shape index (κ3) is 2.86. The van der Waals surface area contributed by atoms with Crippen molar-refractivity contribution in [1.82, 2.24) is 14.9 Å². The number of alkyl halides is 1. The Kier molecular flexibility index (Phi) is 4.16. The van der Waals surface area contributed by atoms with E-state index in [2.05, 4.69) is 9.88 Å². The minimum atomic E-state index is -0.464. The van der Waals surface area contributed by atoms with Gasteiger partial charge >= 0.3 is 0 Å². The average molecular weight is 319 g/mol. The predicted octanol–water partition coefficient (Wildman–Crippen LogP) is 2.21. The molecule has 0 spiro atoms. The number of aromatic nitrogens is 2. The van der Waals surface area contributed by atoms with E-state index in [4.69, 9.17) is 16.6 Å². The minimum Gasteiger partial charge on any atom is -0.352 e. The summed E-state index contributed by atoms with van der Waals surface area (Å²) in [6.45, 7) is 6.54. The summed E-state index contributed by atoms with van der Waals surface area (Å²) in [5.41, 5.74) is 2.73. The Bertz CT molecular complexity index is 696. The highest BCUT2D eigenvalue weighted by molar-refractivity contribution is 6.30.